The minimum atomic E-state index is 0.511. The fourth-order valence-electron chi connectivity index (χ4n) is 3.89. The van der Waals surface area contributed by atoms with Gasteiger partial charge in [-0.1, -0.05) is 36.4 Å². The lowest BCUT2D eigenvalue weighted by Crippen LogP contribution is -2.11. The highest BCUT2D eigenvalue weighted by Gasteiger charge is 2.17. The van der Waals surface area contributed by atoms with Crippen LogP contribution in [0.15, 0.2) is 66.7 Å². The van der Waals surface area contributed by atoms with Gasteiger partial charge in [0.05, 0.1) is 13.2 Å². The number of aryl methyl sites for hydroxylation is 2. The molecule has 1 aliphatic rings. The molecule has 1 unspecified atom stereocenters. The van der Waals surface area contributed by atoms with Gasteiger partial charge in [-0.2, -0.15) is 0 Å². The standard InChI is InChI=1S/C26H28O3/c1-19-13-25(29-18-22-11-12-27-16-22)14-20(2)26(19)23-8-6-7-21(15-23)17-28-24-9-4-3-5-10-24/h3-10,13-15,22H,11-12,16-18H2,1-2H3. The van der Waals surface area contributed by atoms with Crippen molar-refractivity contribution >= 4 is 0 Å². The summed E-state index contributed by atoms with van der Waals surface area (Å²) in [6.45, 7) is 7.26. The molecule has 1 atom stereocenters. The predicted octanol–water partition coefficient (Wildman–Crippen LogP) is 5.96. The van der Waals surface area contributed by atoms with E-state index < -0.39 is 0 Å². The molecule has 0 bridgehead atoms. The summed E-state index contributed by atoms with van der Waals surface area (Å²) in [5.41, 5.74) is 6.09. The Labute approximate surface area is 173 Å². The Kier molecular flexibility index (Phi) is 6.16. The normalized spacial score (nSPS) is 16.0. The maximum atomic E-state index is 6.05. The average molecular weight is 389 g/mol. The number of hydrogen-bond acceptors (Lipinski definition) is 3. The third kappa shape index (κ3) is 4.99. The Morgan fingerprint density at radius 1 is 0.862 bits per heavy atom. The Balaban J connectivity index is 1.48. The van der Waals surface area contributed by atoms with Crippen LogP contribution in [-0.4, -0.2) is 19.8 Å². The predicted molar refractivity (Wildman–Crippen MR) is 117 cm³/mol. The topological polar surface area (TPSA) is 27.7 Å². The van der Waals surface area contributed by atoms with Crippen LogP contribution in [0.25, 0.3) is 11.1 Å². The summed E-state index contributed by atoms with van der Waals surface area (Å²) in [7, 11) is 0. The largest absolute Gasteiger partial charge is 0.493 e. The second-order valence-electron chi connectivity index (χ2n) is 7.77. The van der Waals surface area contributed by atoms with Crippen molar-refractivity contribution < 1.29 is 14.2 Å². The summed E-state index contributed by atoms with van der Waals surface area (Å²) < 4.78 is 17.4. The van der Waals surface area contributed by atoms with E-state index in [0.717, 1.165) is 43.3 Å². The molecular formula is C26H28O3. The SMILES string of the molecule is Cc1cc(OCC2CCOC2)cc(C)c1-c1cccc(COc2ccccc2)c1. The number of benzene rings is 3. The third-order valence-corrected chi connectivity index (χ3v) is 5.38. The molecular weight excluding hydrogens is 360 g/mol. The summed E-state index contributed by atoms with van der Waals surface area (Å²) in [5, 5.41) is 0. The lowest BCUT2D eigenvalue weighted by molar-refractivity contribution is 0.167. The Hall–Kier alpha value is -2.78. The van der Waals surface area contributed by atoms with Crippen LogP contribution < -0.4 is 9.47 Å². The van der Waals surface area contributed by atoms with Gasteiger partial charge in [0, 0.05) is 12.5 Å². The van der Waals surface area contributed by atoms with Crippen molar-refractivity contribution in [3.63, 3.8) is 0 Å². The second kappa shape index (κ2) is 9.15. The van der Waals surface area contributed by atoms with E-state index in [4.69, 9.17) is 14.2 Å². The zero-order valence-corrected chi connectivity index (χ0v) is 17.2. The van der Waals surface area contributed by atoms with Crippen molar-refractivity contribution in [2.45, 2.75) is 26.9 Å². The van der Waals surface area contributed by atoms with Crippen LogP contribution in [0, 0.1) is 19.8 Å². The molecule has 3 heteroatoms. The van der Waals surface area contributed by atoms with Crippen LogP contribution in [-0.2, 0) is 11.3 Å². The summed E-state index contributed by atoms with van der Waals surface area (Å²) in [6, 6.07) is 22.8. The number of ether oxygens (including phenoxy) is 3. The molecule has 1 saturated heterocycles. The van der Waals surface area contributed by atoms with Crippen LogP contribution in [0.2, 0.25) is 0 Å². The van der Waals surface area contributed by atoms with E-state index in [1.165, 1.54) is 22.3 Å². The van der Waals surface area contributed by atoms with Gasteiger partial charge in [-0.3, -0.25) is 0 Å². The highest BCUT2D eigenvalue weighted by molar-refractivity contribution is 5.72. The molecule has 4 rings (SSSR count). The molecule has 3 aromatic carbocycles. The maximum absolute atomic E-state index is 6.05. The fourth-order valence-corrected chi connectivity index (χ4v) is 3.89. The van der Waals surface area contributed by atoms with E-state index in [-0.39, 0.29) is 0 Å². The minimum absolute atomic E-state index is 0.511. The van der Waals surface area contributed by atoms with Crippen molar-refractivity contribution in [1.82, 2.24) is 0 Å². The molecule has 1 heterocycles. The fraction of sp³-hybridized carbons (Fsp3) is 0.308. The number of para-hydroxylation sites is 1. The summed E-state index contributed by atoms with van der Waals surface area (Å²) >= 11 is 0. The highest BCUT2D eigenvalue weighted by atomic mass is 16.5. The zero-order chi connectivity index (χ0) is 20.1. The number of hydrogen-bond donors (Lipinski definition) is 0. The molecule has 0 spiro atoms. The van der Waals surface area contributed by atoms with Crippen LogP contribution in [0.4, 0.5) is 0 Å². The molecule has 0 amide bonds. The van der Waals surface area contributed by atoms with Gasteiger partial charge in [0.1, 0.15) is 18.1 Å². The van der Waals surface area contributed by atoms with Gasteiger partial charge in [0.15, 0.2) is 0 Å². The first kappa shape index (κ1) is 19.5. The Morgan fingerprint density at radius 3 is 2.38 bits per heavy atom. The first-order chi connectivity index (χ1) is 14.2. The first-order valence-electron chi connectivity index (χ1n) is 10.3. The quantitative estimate of drug-likeness (QED) is 0.499. The molecule has 0 aliphatic carbocycles. The van der Waals surface area contributed by atoms with E-state index >= 15 is 0 Å². The van der Waals surface area contributed by atoms with Gasteiger partial charge in [-0.05, 0) is 78.4 Å². The molecule has 0 N–H and O–H groups in total. The lowest BCUT2D eigenvalue weighted by Gasteiger charge is -2.16. The maximum Gasteiger partial charge on any atom is 0.119 e. The monoisotopic (exact) mass is 388 g/mol. The van der Waals surface area contributed by atoms with Gasteiger partial charge in [0.2, 0.25) is 0 Å². The van der Waals surface area contributed by atoms with E-state index in [2.05, 4.69) is 50.2 Å². The van der Waals surface area contributed by atoms with Crippen molar-refractivity contribution in [2.75, 3.05) is 19.8 Å². The molecule has 1 fully saturated rings. The Bertz CT molecular complexity index is 920. The molecule has 0 radical (unpaired) electrons. The molecule has 1 aliphatic heterocycles. The van der Waals surface area contributed by atoms with Crippen molar-refractivity contribution in [2.24, 2.45) is 5.92 Å². The number of rotatable bonds is 7. The highest BCUT2D eigenvalue weighted by Crippen LogP contribution is 2.32. The van der Waals surface area contributed by atoms with Gasteiger partial charge < -0.3 is 14.2 Å². The average Bonchev–Trinajstić information content (AvgIpc) is 3.25. The van der Waals surface area contributed by atoms with Gasteiger partial charge in [0.25, 0.3) is 0 Å². The van der Waals surface area contributed by atoms with Crippen LogP contribution in [0.3, 0.4) is 0 Å². The van der Waals surface area contributed by atoms with E-state index in [1.54, 1.807) is 0 Å². The zero-order valence-electron chi connectivity index (χ0n) is 17.2. The minimum Gasteiger partial charge on any atom is -0.493 e. The molecule has 29 heavy (non-hydrogen) atoms. The molecule has 0 aromatic heterocycles. The van der Waals surface area contributed by atoms with Gasteiger partial charge in [-0.25, -0.2) is 0 Å². The molecule has 0 saturated carbocycles. The summed E-state index contributed by atoms with van der Waals surface area (Å²) in [4.78, 5) is 0. The van der Waals surface area contributed by atoms with E-state index in [0.29, 0.717) is 12.5 Å². The first-order valence-corrected chi connectivity index (χ1v) is 10.3. The second-order valence-corrected chi connectivity index (χ2v) is 7.77. The van der Waals surface area contributed by atoms with Gasteiger partial charge >= 0.3 is 0 Å². The van der Waals surface area contributed by atoms with Crippen LogP contribution in [0.1, 0.15) is 23.1 Å². The third-order valence-electron chi connectivity index (χ3n) is 5.38. The van der Waals surface area contributed by atoms with Crippen molar-refractivity contribution in [3.05, 3.63) is 83.4 Å². The summed E-state index contributed by atoms with van der Waals surface area (Å²) in [6.07, 6.45) is 1.09. The lowest BCUT2D eigenvalue weighted by atomic mass is 9.94. The summed E-state index contributed by atoms with van der Waals surface area (Å²) in [5.74, 6) is 2.34. The van der Waals surface area contributed by atoms with Crippen molar-refractivity contribution in [3.8, 4) is 22.6 Å². The molecule has 150 valence electrons. The van der Waals surface area contributed by atoms with E-state index in [9.17, 15) is 0 Å². The Morgan fingerprint density at radius 2 is 1.66 bits per heavy atom. The molecule has 3 nitrogen and oxygen atoms in total. The van der Waals surface area contributed by atoms with Crippen LogP contribution >= 0.6 is 0 Å². The molecule has 3 aromatic rings. The van der Waals surface area contributed by atoms with Crippen molar-refractivity contribution in [1.29, 1.82) is 0 Å². The van der Waals surface area contributed by atoms with Crippen LogP contribution in [0.5, 0.6) is 11.5 Å². The van der Waals surface area contributed by atoms with E-state index in [1.807, 2.05) is 30.3 Å². The smallest absolute Gasteiger partial charge is 0.119 e. The van der Waals surface area contributed by atoms with Gasteiger partial charge in [-0.15, -0.1) is 0 Å².